The third kappa shape index (κ3) is 3.77. The number of carbonyl (C=O) groups is 1. The van der Waals surface area contributed by atoms with Crippen LogP contribution in [0.15, 0.2) is 54.6 Å². The van der Waals surface area contributed by atoms with Crippen molar-refractivity contribution in [3.8, 4) is 0 Å². The Morgan fingerprint density at radius 1 is 1.09 bits per heavy atom. The summed E-state index contributed by atoms with van der Waals surface area (Å²) >= 11 is 0. The number of hydrogen-bond donors (Lipinski definition) is 1. The van der Waals surface area contributed by atoms with Crippen LogP contribution in [0.3, 0.4) is 0 Å². The molecule has 1 aliphatic rings. The van der Waals surface area contributed by atoms with Crippen LogP contribution >= 0.6 is 0 Å². The van der Waals surface area contributed by atoms with Crippen LogP contribution in [0.1, 0.15) is 22.3 Å². The van der Waals surface area contributed by atoms with E-state index in [1.807, 2.05) is 18.2 Å². The van der Waals surface area contributed by atoms with Crippen molar-refractivity contribution in [1.82, 2.24) is 4.90 Å². The second kappa shape index (κ2) is 6.92. The maximum absolute atomic E-state index is 13.9. The zero-order valence-corrected chi connectivity index (χ0v) is 13.0. The number of halogens is 1. The fourth-order valence-corrected chi connectivity index (χ4v) is 3.31. The van der Waals surface area contributed by atoms with Crippen LogP contribution < -0.4 is 5.73 Å². The molecule has 2 aromatic rings. The zero-order chi connectivity index (χ0) is 16.2. The molecule has 1 fully saturated rings. The number of piperidine rings is 1. The van der Waals surface area contributed by atoms with Crippen molar-refractivity contribution >= 4 is 5.91 Å². The van der Waals surface area contributed by atoms with Crippen molar-refractivity contribution < 1.29 is 9.18 Å². The van der Waals surface area contributed by atoms with Gasteiger partial charge in [-0.1, -0.05) is 42.5 Å². The molecule has 2 aromatic carbocycles. The predicted molar refractivity (Wildman–Crippen MR) is 88.5 cm³/mol. The average molecular weight is 312 g/mol. The largest absolute Gasteiger partial charge is 0.337 e. The third-order valence-electron chi connectivity index (χ3n) is 4.33. The molecule has 2 unspecified atom stereocenters. The average Bonchev–Trinajstić information content (AvgIpc) is 2.55. The minimum Gasteiger partial charge on any atom is -0.337 e. The molecule has 4 heteroatoms. The summed E-state index contributed by atoms with van der Waals surface area (Å²) in [6.45, 7) is 1.11. The van der Waals surface area contributed by atoms with Crippen molar-refractivity contribution in [2.24, 2.45) is 11.7 Å². The van der Waals surface area contributed by atoms with Crippen LogP contribution in [-0.2, 0) is 6.42 Å². The minimum absolute atomic E-state index is 0.0619. The third-order valence-corrected chi connectivity index (χ3v) is 4.33. The van der Waals surface area contributed by atoms with Crippen LogP contribution in [0.5, 0.6) is 0 Å². The van der Waals surface area contributed by atoms with E-state index in [-0.39, 0.29) is 17.5 Å². The Labute approximate surface area is 135 Å². The molecular formula is C19H21FN2O. The van der Waals surface area contributed by atoms with E-state index in [1.54, 1.807) is 17.0 Å². The van der Waals surface area contributed by atoms with Crippen LogP contribution in [0, 0.1) is 11.7 Å². The molecule has 0 saturated carbocycles. The normalized spacial score (nSPS) is 21.2. The van der Waals surface area contributed by atoms with Crippen LogP contribution in [-0.4, -0.2) is 29.9 Å². The Hall–Kier alpha value is -2.20. The van der Waals surface area contributed by atoms with Gasteiger partial charge in [-0.25, -0.2) is 4.39 Å². The van der Waals surface area contributed by atoms with Gasteiger partial charge in [0.25, 0.3) is 5.91 Å². The van der Waals surface area contributed by atoms with Crippen LogP contribution in [0.4, 0.5) is 4.39 Å². The molecule has 1 heterocycles. The van der Waals surface area contributed by atoms with E-state index < -0.39 is 5.82 Å². The smallest absolute Gasteiger partial charge is 0.256 e. The van der Waals surface area contributed by atoms with Gasteiger partial charge in [-0.3, -0.25) is 4.79 Å². The van der Waals surface area contributed by atoms with Gasteiger partial charge in [-0.2, -0.15) is 0 Å². The first-order valence-corrected chi connectivity index (χ1v) is 7.97. The maximum Gasteiger partial charge on any atom is 0.256 e. The SMILES string of the molecule is NC1CC(Cc2ccccc2)CN(C(=O)c2ccccc2F)C1. The quantitative estimate of drug-likeness (QED) is 0.947. The number of carbonyl (C=O) groups excluding carboxylic acids is 1. The van der Waals surface area contributed by atoms with Gasteiger partial charge in [0.1, 0.15) is 5.82 Å². The van der Waals surface area contributed by atoms with E-state index in [4.69, 9.17) is 5.73 Å². The maximum atomic E-state index is 13.9. The van der Waals surface area contributed by atoms with Gasteiger partial charge < -0.3 is 10.6 Å². The molecule has 120 valence electrons. The summed E-state index contributed by atoms with van der Waals surface area (Å²) in [7, 11) is 0. The molecule has 0 aromatic heterocycles. The molecule has 1 aliphatic heterocycles. The summed E-state index contributed by atoms with van der Waals surface area (Å²) in [5.74, 6) is -0.440. The van der Waals surface area contributed by atoms with Gasteiger partial charge in [-0.15, -0.1) is 0 Å². The Bertz CT molecular complexity index is 674. The molecule has 1 saturated heterocycles. The number of amides is 1. The molecule has 3 nitrogen and oxygen atoms in total. The summed E-state index contributed by atoms with van der Waals surface area (Å²) < 4.78 is 13.9. The molecular weight excluding hydrogens is 291 g/mol. The first kappa shape index (κ1) is 15.7. The Balaban J connectivity index is 1.73. The van der Waals surface area contributed by atoms with Crippen molar-refractivity contribution in [3.63, 3.8) is 0 Å². The molecule has 0 spiro atoms. The van der Waals surface area contributed by atoms with E-state index in [1.165, 1.54) is 17.7 Å². The highest BCUT2D eigenvalue weighted by atomic mass is 19.1. The van der Waals surface area contributed by atoms with Gasteiger partial charge in [0.15, 0.2) is 0 Å². The molecule has 2 N–H and O–H groups in total. The lowest BCUT2D eigenvalue weighted by Crippen LogP contribution is -2.50. The summed E-state index contributed by atoms with van der Waals surface area (Å²) in [6.07, 6.45) is 1.77. The highest BCUT2D eigenvalue weighted by Crippen LogP contribution is 2.22. The molecule has 0 aliphatic carbocycles. The van der Waals surface area contributed by atoms with Gasteiger partial charge in [0, 0.05) is 19.1 Å². The second-order valence-corrected chi connectivity index (χ2v) is 6.24. The number of nitrogens with two attached hydrogens (primary N) is 1. The van der Waals surface area contributed by atoms with Crippen molar-refractivity contribution in [2.45, 2.75) is 18.9 Å². The number of benzene rings is 2. The molecule has 23 heavy (non-hydrogen) atoms. The Morgan fingerprint density at radius 2 is 1.78 bits per heavy atom. The molecule has 1 amide bonds. The van der Waals surface area contributed by atoms with Crippen molar-refractivity contribution in [1.29, 1.82) is 0 Å². The molecule has 0 bridgehead atoms. The lowest BCUT2D eigenvalue weighted by atomic mass is 9.88. The zero-order valence-electron chi connectivity index (χ0n) is 13.0. The number of hydrogen-bond acceptors (Lipinski definition) is 2. The highest BCUT2D eigenvalue weighted by molar-refractivity contribution is 5.94. The number of nitrogens with zero attached hydrogens (tertiary/aromatic N) is 1. The van der Waals surface area contributed by atoms with Crippen LogP contribution in [0.2, 0.25) is 0 Å². The lowest BCUT2D eigenvalue weighted by molar-refractivity contribution is 0.0645. The standard InChI is InChI=1S/C19H21FN2O/c20-18-9-5-4-8-17(18)19(23)22-12-15(11-16(21)13-22)10-14-6-2-1-3-7-14/h1-9,15-16H,10-13,21H2. The fraction of sp³-hybridized carbons (Fsp3) is 0.316. The van der Waals surface area contributed by atoms with E-state index in [0.717, 1.165) is 12.8 Å². The van der Waals surface area contributed by atoms with E-state index in [2.05, 4.69) is 12.1 Å². The number of rotatable bonds is 3. The topological polar surface area (TPSA) is 46.3 Å². The fourth-order valence-electron chi connectivity index (χ4n) is 3.31. The molecule has 2 atom stereocenters. The minimum atomic E-state index is -0.476. The predicted octanol–water partition coefficient (Wildman–Crippen LogP) is 2.86. The first-order chi connectivity index (χ1) is 11.1. The second-order valence-electron chi connectivity index (χ2n) is 6.24. The highest BCUT2D eigenvalue weighted by Gasteiger charge is 2.29. The van der Waals surface area contributed by atoms with Gasteiger partial charge in [0.2, 0.25) is 0 Å². The van der Waals surface area contributed by atoms with E-state index in [0.29, 0.717) is 19.0 Å². The van der Waals surface area contributed by atoms with Crippen molar-refractivity contribution in [2.75, 3.05) is 13.1 Å². The van der Waals surface area contributed by atoms with Gasteiger partial charge in [-0.05, 0) is 36.5 Å². The van der Waals surface area contributed by atoms with Gasteiger partial charge in [0.05, 0.1) is 5.56 Å². The molecule has 3 rings (SSSR count). The monoisotopic (exact) mass is 312 g/mol. The first-order valence-electron chi connectivity index (χ1n) is 7.97. The lowest BCUT2D eigenvalue weighted by Gasteiger charge is -2.36. The van der Waals surface area contributed by atoms with Gasteiger partial charge >= 0.3 is 0 Å². The van der Waals surface area contributed by atoms with E-state index in [9.17, 15) is 9.18 Å². The van der Waals surface area contributed by atoms with E-state index >= 15 is 0 Å². The Kier molecular flexibility index (Phi) is 4.72. The number of likely N-dealkylation sites (tertiary alicyclic amines) is 1. The van der Waals surface area contributed by atoms with Crippen LogP contribution in [0.25, 0.3) is 0 Å². The summed E-state index contributed by atoms with van der Waals surface area (Å²) in [6, 6.07) is 16.3. The Morgan fingerprint density at radius 3 is 2.52 bits per heavy atom. The van der Waals surface area contributed by atoms with Crippen molar-refractivity contribution in [3.05, 3.63) is 71.5 Å². The summed E-state index contributed by atoms with van der Waals surface area (Å²) in [5, 5.41) is 0. The molecule has 0 radical (unpaired) electrons. The summed E-state index contributed by atoms with van der Waals surface area (Å²) in [4.78, 5) is 14.3. The summed E-state index contributed by atoms with van der Waals surface area (Å²) in [5.41, 5.74) is 7.50.